The van der Waals surface area contributed by atoms with Gasteiger partial charge in [0.15, 0.2) is 0 Å². The summed E-state index contributed by atoms with van der Waals surface area (Å²) in [6.45, 7) is 3.95. The Kier molecular flexibility index (Phi) is 6.36. The van der Waals surface area contributed by atoms with Gasteiger partial charge in [0, 0.05) is 12.1 Å². The van der Waals surface area contributed by atoms with Gasteiger partial charge < -0.3 is 10.1 Å². The molecule has 1 aromatic carbocycles. The Morgan fingerprint density at radius 2 is 1.70 bits per heavy atom. The van der Waals surface area contributed by atoms with Gasteiger partial charge in [0.2, 0.25) is 5.91 Å². The van der Waals surface area contributed by atoms with E-state index in [1.54, 1.807) is 19.2 Å². The molecule has 0 heterocycles. The number of benzene rings is 1. The Morgan fingerprint density at radius 1 is 1.10 bits per heavy atom. The minimum atomic E-state index is -0.307. The fourth-order valence-electron chi connectivity index (χ4n) is 1.50. The Balaban J connectivity index is 2.27. The maximum absolute atomic E-state index is 11.5. The molecule has 20 heavy (non-hydrogen) atoms. The zero-order valence-electron chi connectivity index (χ0n) is 12.0. The summed E-state index contributed by atoms with van der Waals surface area (Å²) in [5.74, 6) is 0.501. The molecule has 0 aliphatic heterocycles. The van der Waals surface area contributed by atoms with Crippen LogP contribution < -0.4 is 20.9 Å². The van der Waals surface area contributed by atoms with Crippen molar-refractivity contribution in [3.63, 3.8) is 0 Å². The lowest BCUT2D eigenvalue weighted by Gasteiger charge is -2.10. The third-order valence-corrected chi connectivity index (χ3v) is 2.48. The van der Waals surface area contributed by atoms with E-state index in [-0.39, 0.29) is 24.3 Å². The van der Waals surface area contributed by atoms with E-state index >= 15 is 0 Å². The van der Waals surface area contributed by atoms with Crippen molar-refractivity contribution in [1.29, 1.82) is 0 Å². The quantitative estimate of drug-likeness (QED) is 0.686. The number of amides is 2. The second kappa shape index (κ2) is 8.04. The summed E-state index contributed by atoms with van der Waals surface area (Å²) in [6.07, 6.45) is 0.381. The van der Waals surface area contributed by atoms with Gasteiger partial charge in [0.05, 0.1) is 13.7 Å². The predicted molar refractivity (Wildman–Crippen MR) is 77.2 cm³/mol. The highest BCUT2D eigenvalue weighted by Gasteiger charge is 2.06. The van der Waals surface area contributed by atoms with Crippen molar-refractivity contribution < 1.29 is 14.3 Å². The Bertz CT molecular complexity index is 443. The summed E-state index contributed by atoms with van der Waals surface area (Å²) in [5, 5.41) is 2.94. The second-order valence-electron chi connectivity index (χ2n) is 4.78. The van der Waals surface area contributed by atoms with Crippen molar-refractivity contribution in [2.45, 2.75) is 20.3 Å². The molecule has 0 fully saturated rings. The molecule has 0 bridgehead atoms. The Labute approximate surface area is 118 Å². The summed E-state index contributed by atoms with van der Waals surface area (Å²) in [6, 6.07) is 7.21. The summed E-state index contributed by atoms with van der Waals surface area (Å²) in [7, 11) is 1.59. The van der Waals surface area contributed by atoms with Crippen molar-refractivity contribution >= 4 is 17.5 Å². The van der Waals surface area contributed by atoms with Gasteiger partial charge in [-0.3, -0.25) is 20.4 Å². The normalized spacial score (nSPS) is 10.0. The highest BCUT2D eigenvalue weighted by Crippen LogP contribution is 2.14. The smallest absolute Gasteiger partial charge is 0.257 e. The van der Waals surface area contributed by atoms with E-state index < -0.39 is 0 Å². The van der Waals surface area contributed by atoms with E-state index in [9.17, 15) is 9.59 Å². The standard InChI is InChI=1S/C14H21N3O3/c1-10(2)8-13(18)16-17-14(19)9-15-11-4-6-12(20-3)7-5-11/h4-7,10,15H,8-9H2,1-3H3,(H,16,18)(H,17,19). The molecule has 1 rings (SSSR count). The molecular formula is C14H21N3O3. The van der Waals surface area contributed by atoms with E-state index in [0.717, 1.165) is 11.4 Å². The molecule has 0 saturated carbocycles. The molecule has 0 aromatic heterocycles. The number of rotatable bonds is 6. The molecule has 110 valence electrons. The number of nitrogens with one attached hydrogen (secondary N) is 3. The maximum atomic E-state index is 11.5. The van der Waals surface area contributed by atoms with Gasteiger partial charge in [-0.25, -0.2) is 0 Å². The number of anilines is 1. The predicted octanol–water partition coefficient (Wildman–Crippen LogP) is 1.30. The lowest BCUT2D eigenvalue weighted by molar-refractivity contribution is -0.128. The number of methoxy groups -OCH3 is 1. The molecule has 6 nitrogen and oxygen atoms in total. The molecule has 0 atom stereocenters. The summed E-state index contributed by atoms with van der Waals surface area (Å²) in [5.41, 5.74) is 5.53. The fourth-order valence-corrected chi connectivity index (χ4v) is 1.50. The van der Waals surface area contributed by atoms with E-state index in [4.69, 9.17) is 4.74 Å². The minimum absolute atomic E-state index is 0.0777. The summed E-state index contributed by atoms with van der Waals surface area (Å²) in [4.78, 5) is 22.9. The van der Waals surface area contributed by atoms with Crippen molar-refractivity contribution in [2.24, 2.45) is 5.92 Å². The molecule has 2 amide bonds. The van der Waals surface area contributed by atoms with Gasteiger partial charge in [-0.15, -0.1) is 0 Å². The topological polar surface area (TPSA) is 79.5 Å². The average Bonchev–Trinajstić information content (AvgIpc) is 2.42. The number of carbonyl (C=O) groups excluding carboxylic acids is 2. The SMILES string of the molecule is COc1ccc(NCC(=O)NNC(=O)CC(C)C)cc1. The lowest BCUT2D eigenvalue weighted by atomic mass is 10.1. The first-order valence-corrected chi connectivity index (χ1v) is 6.47. The van der Waals surface area contributed by atoms with Crippen molar-refractivity contribution in [3.8, 4) is 5.75 Å². The summed E-state index contributed by atoms with van der Waals surface area (Å²) < 4.78 is 5.04. The van der Waals surface area contributed by atoms with Gasteiger partial charge in [0.1, 0.15) is 5.75 Å². The monoisotopic (exact) mass is 279 g/mol. The Morgan fingerprint density at radius 3 is 2.25 bits per heavy atom. The molecule has 0 spiro atoms. The van der Waals surface area contributed by atoms with Gasteiger partial charge >= 0.3 is 0 Å². The zero-order valence-corrected chi connectivity index (χ0v) is 12.0. The lowest BCUT2D eigenvalue weighted by Crippen LogP contribution is -2.44. The number of hydrazine groups is 1. The molecular weight excluding hydrogens is 258 g/mol. The van der Waals surface area contributed by atoms with E-state index in [0.29, 0.717) is 6.42 Å². The average molecular weight is 279 g/mol. The minimum Gasteiger partial charge on any atom is -0.497 e. The van der Waals surface area contributed by atoms with Crippen molar-refractivity contribution in [3.05, 3.63) is 24.3 Å². The van der Waals surface area contributed by atoms with Crippen LogP contribution in [0.5, 0.6) is 5.75 Å². The first kappa shape index (κ1) is 15.8. The molecule has 0 unspecified atom stereocenters. The Hall–Kier alpha value is -2.24. The summed E-state index contributed by atoms with van der Waals surface area (Å²) >= 11 is 0. The number of hydrogen-bond acceptors (Lipinski definition) is 4. The van der Waals surface area contributed by atoms with Crippen molar-refractivity contribution in [2.75, 3.05) is 19.0 Å². The third kappa shape index (κ3) is 6.08. The number of ether oxygens (including phenoxy) is 1. The van der Waals surface area contributed by atoms with E-state index in [1.807, 2.05) is 26.0 Å². The van der Waals surface area contributed by atoms with Crippen LogP contribution >= 0.6 is 0 Å². The zero-order chi connectivity index (χ0) is 15.0. The number of carbonyl (C=O) groups is 2. The fraction of sp³-hybridized carbons (Fsp3) is 0.429. The molecule has 3 N–H and O–H groups in total. The number of hydrogen-bond donors (Lipinski definition) is 3. The van der Waals surface area contributed by atoms with Gasteiger partial charge in [-0.05, 0) is 30.2 Å². The van der Waals surface area contributed by atoms with E-state index in [1.165, 1.54) is 0 Å². The first-order valence-electron chi connectivity index (χ1n) is 6.47. The van der Waals surface area contributed by atoms with Gasteiger partial charge in [0.25, 0.3) is 5.91 Å². The second-order valence-corrected chi connectivity index (χ2v) is 4.78. The molecule has 6 heteroatoms. The van der Waals surface area contributed by atoms with Crippen LogP contribution in [-0.4, -0.2) is 25.5 Å². The first-order chi connectivity index (χ1) is 9.51. The largest absolute Gasteiger partial charge is 0.497 e. The van der Waals surface area contributed by atoms with Crippen LogP contribution in [0.4, 0.5) is 5.69 Å². The van der Waals surface area contributed by atoms with Gasteiger partial charge in [-0.1, -0.05) is 13.8 Å². The highest BCUT2D eigenvalue weighted by atomic mass is 16.5. The molecule has 0 radical (unpaired) electrons. The highest BCUT2D eigenvalue weighted by molar-refractivity contribution is 5.84. The van der Waals surface area contributed by atoms with Crippen LogP contribution in [0.25, 0.3) is 0 Å². The van der Waals surface area contributed by atoms with Crippen LogP contribution in [0, 0.1) is 5.92 Å². The van der Waals surface area contributed by atoms with Gasteiger partial charge in [-0.2, -0.15) is 0 Å². The van der Waals surface area contributed by atoms with Crippen LogP contribution in [0.15, 0.2) is 24.3 Å². The maximum Gasteiger partial charge on any atom is 0.257 e. The van der Waals surface area contributed by atoms with Crippen molar-refractivity contribution in [1.82, 2.24) is 10.9 Å². The van der Waals surface area contributed by atoms with E-state index in [2.05, 4.69) is 16.2 Å². The van der Waals surface area contributed by atoms with Crippen LogP contribution in [0.1, 0.15) is 20.3 Å². The van der Waals surface area contributed by atoms with Crippen LogP contribution in [-0.2, 0) is 9.59 Å². The third-order valence-electron chi connectivity index (χ3n) is 2.48. The molecule has 0 aliphatic rings. The molecule has 1 aromatic rings. The van der Waals surface area contributed by atoms with Crippen LogP contribution in [0.2, 0.25) is 0 Å². The molecule has 0 saturated heterocycles. The molecule has 0 aliphatic carbocycles. The van der Waals surface area contributed by atoms with Crippen LogP contribution in [0.3, 0.4) is 0 Å².